The number of nitriles is 1. The highest BCUT2D eigenvalue weighted by atomic mass is 19.4. The first kappa shape index (κ1) is 28.4. The molecule has 0 aliphatic heterocycles. The minimum Gasteiger partial charge on any atom is -0.493 e. The second-order valence-electron chi connectivity index (χ2n) is 8.63. The summed E-state index contributed by atoms with van der Waals surface area (Å²) in [6.07, 6.45) is -12.1. The molecule has 0 spiro atoms. The standard InChI is InChI=1S/C27H19F6N3O4/c1-39-21-12-19-20(13-22(21)40-2)35-23(11-15-3-5-16(14-34)6-4-15)36(24(19)37)18-9-7-17(8-10-18)25(38,26(28,29)30)27(31,32)33/h3-10,12-13,38H,11H2,1-2H3. The molecule has 0 fully saturated rings. The monoisotopic (exact) mass is 563 g/mol. The van der Waals surface area contributed by atoms with Crippen LogP contribution in [0.25, 0.3) is 16.6 Å². The highest BCUT2D eigenvalue weighted by Gasteiger charge is 2.71. The molecule has 4 rings (SSSR count). The van der Waals surface area contributed by atoms with Crippen molar-refractivity contribution in [2.24, 2.45) is 0 Å². The van der Waals surface area contributed by atoms with Crippen LogP contribution in [0.2, 0.25) is 0 Å². The number of hydrogen-bond acceptors (Lipinski definition) is 6. The number of aromatic nitrogens is 2. The third kappa shape index (κ3) is 4.82. The van der Waals surface area contributed by atoms with Crippen molar-refractivity contribution in [2.75, 3.05) is 14.2 Å². The van der Waals surface area contributed by atoms with Gasteiger partial charge in [-0.2, -0.15) is 31.6 Å². The first-order valence-electron chi connectivity index (χ1n) is 11.4. The molecule has 13 heteroatoms. The van der Waals surface area contributed by atoms with Gasteiger partial charge in [0.15, 0.2) is 11.5 Å². The van der Waals surface area contributed by atoms with Crippen LogP contribution in [-0.2, 0) is 12.0 Å². The van der Waals surface area contributed by atoms with Crippen LogP contribution in [0.15, 0.2) is 65.5 Å². The number of nitrogens with zero attached hydrogens (tertiary/aromatic N) is 3. The summed E-state index contributed by atoms with van der Waals surface area (Å²) in [4.78, 5) is 18.2. The fraction of sp³-hybridized carbons (Fsp3) is 0.222. The molecule has 1 aromatic heterocycles. The molecule has 1 N–H and O–H groups in total. The minimum atomic E-state index is -6.07. The quantitative estimate of drug-likeness (QED) is 0.325. The Labute approximate surface area is 222 Å². The predicted octanol–water partition coefficient (Wildman–Crippen LogP) is 5.18. The van der Waals surface area contributed by atoms with Crippen LogP contribution in [0.5, 0.6) is 11.5 Å². The second-order valence-corrected chi connectivity index (χ2v) is 8.63. The van der Waals surface area contributed by atoms with E-state index in [1.54, 1.807) is 12.1 Å². The van der Waals surface area contributed by atoms with Crippen molar-refractivity contribution in [3.05, 3.63) is 93.5 Å². The van der Waals surface area contributed by atoms with E-state index in [0.717, 1.165) is 16.7 Å². The van der Waals surface area contributed by atoms with Crippen molar-refractivity contribution in [1.29, 1.82) is 5.26 Å². The van der Waals surface area contributed by atoms with Gasteiger partial charge in [-0.25, -0.2) is 4.98 Å². The molecule has 7 nitrogen and oxygen atoms in total. The number of benzene rings is 3. The van der Waals surface area contributed by atoms with E-state index in [4.69, 9.17) is 14.7 Å². The molecule has 0 atom stereocenters. The van der Waals surface area contributed by atoms with E-state index in [1.807, 2.05) is 6.07 Å². The van der Waals surface area contributed by atoms with Gasteiger partial charge in [-0.15, -0.1) is 0 Å². The molecular weight excluding hydrogens is 544 g/mol. The number of aliphatic hydroxyl groups is 1. The van der Waals surface area contributed by atoms with E-state index in [1.165, 1.54) is 38.5 Å². The van der Waals surface area contributed by atoms with Crippen LogP contribution in [0.1, 0.15) is 22.5 Å². The SMILES string of the molecule is COc1cc2nc(Cc3ccc(C#N)cc3)n(-c3ccc(C(O)(C(F)(F)F)C(F)(F)F)cc3)c(=O)c2cc1OC. The Morgan fingerprint density at radius 1 is 0.900 bits per heavy atom. The molecule has 4 aromatic rings. The molecular formula is C27H19F6N3O4. The van der Waals surface area contributed by atoms with E-state index in [9.17, 15) is 36.2 Å². The molecule has 3 aromatic carbocycles. The number of ether oxygens (including phenoxy) is 2. The van der Waals surface area contributed by atoms with E-state index < -0.39 is 29.1 Å². The van der Waals surface area contributed by atoms with Crippen molar-refractivity contribution in [3.8, 4) is 23.3 Å². The summed E-state index contributed by atoms with van der Waals surface area (Å²) < 4.78 is 91.7. The van der Waals surface area contributed by atoms with Crippen molar-refractivity contribution >= 4 is 10.9 Å². The molecule has 40 heavy (non-hydrogen) atoms. The largest absolute Gasteiger partial charge is 0.493 e. The average molecular weight is 563 g/mol. The number of alkyl halides is 6. The van der Waals surface area contributed by atoms with Gasteiger partial charge in [-0.05, 0) is 35.9 Å². The lowest BCUT2D eigenvalue weighted by Gasteiger charge is -2.32. The Morgan fingerprint density at radius 3 is 1.95 bits per heavy atom. The predicted molar refractivity (Wildman–Crippen MR) is 130 cm³/mol. The third-order valence-corrected chi connectivity index (χ3v) is 6.25. The Bertz CT molecular complexity index is 1640. The van der Waals surface area contributed by atoms with Gasteiger partial charge >= 0.3 is 12.4 Å². The fourth-order valence-electron chi connectivity index (χ4n) is 4.16. The van der Waals surface area contributed by atoms with Gasteiger partial charge in [-0.3, -0.25) is 9.36 Å². The van der Waals surface area contributed by atoms with Gasteiger partial charge in [0, 0.05) is 18.1 Å². The van der Waals surface area contributed by atoms with Gasteiger partial charge < -0.3 is 14.6 Å². The van der Waals surface area contributed by atoms with Gasteiger partial charge in [0.1, 0.15) is 5.82 Å². The molecule has 0 amide bonds. The summed E-state index contributed by atoms with van der Waals surface area (Å²) in [5, 5.41) is 18.8. The third-order valence-electron chi connectivity index (χ3n) is 6.25. The van der Waals surface area contributed by atoms with Gasteiger partial charge in [0.25, 0.3) is 11.2 Å². The van der Waals surface area contributed by atoms with Crippen LogP contribution in [-0.4, -0.2) is 41.2 Å². The van der Waals surface area contributed by atoms with Crippen molar-refractivity contribution in [3.63, 3.8) is 0 Å². The molecule has 0 bridgehead atoms. The van der Waals surface area contributed by atoms with Crippen molar-refractivity contribution in [2.45, 2.75) is 24.4 Å². The van der Waals surface area contributed by atoms with Crippen LogP contribution in [0, 0.1) is 11.3 Å². The van der Waals surface area contributed by atoms with Gasteiger partial charge in [0.2, 0.25) is 0 Å². The summed E-state index contributed by atoms with van der Waals surface area (Å²) in [5.41, 5.74) is -6.21. The number of methoxy groups -OCH3 is 2. The summed E-state index contributed by atoms with van der Waals surface area (Å²) in [6.45, 7) is 0. The summed E-state index contributed by atoms with van der Waals surface area (Å²) in [5.74, 6) is 0.548. The summed E-state index contributed by atoms with van der Waals surface area (Å²) in [7, 11) is 2.73. The number of fused-ring (bicyclic) bond motifs is 1. The molecule has 0 radical (unpaired) electrons. The highest BCUT2D eigenvalue weighted by Crippen LogP contribution is 2.50. The molecule has 0 aliphatic rings. The molecule has 0 aliphatic carbocycles. The molecule has 0 saturated heterocycles. The summed E-state index contributed by atoms with van der Waals surface area (Å²) in [6, 6.07) is 13.7. The smallest absolute Gasteiger partial charge is 0.430 e. The zero-order chi connectivity index (χ0) is 29.5. The van der Waals surface area contributed by atoms with E-state index in [-0.39, 0.29) is 40.3 Å². The topological polar surface area (TPSA) is 97.4 Å². The lowest BCUT2D eigenvalue weighted by Crippen LogP contribution is -2.53. The molecule has 208 valence electrons. The minimum absolute atomic E-state index is 0.00201. The number of hydrogen-bond donors (Lipinski definition) is 1. The maximum atomic E-state index is 13.7. The van der Waals surface area contributed by atoms with E-state index in [0.29, 0.717) is 23.3 Å². The fourth-order valence-corrected chi connectivity index (χ4v) is 4.16. The van der Waals surface area contributed by atoms with Crippen LogP contribution in [0.3, 0.4) is 0 Å². The molecule has 0 unspecified atom stereocenters. The number of rotatable bonds is 6. The lowest BCUT2D eigenvalue weighted by atomic mass is 9.92. The zero-order valence-corrected chi connectivity index (χ0v) is 20.8. The Hall–Kier alpha value is -4.57. The van der Waals surface area contributed by atoms with Crippen molar-refractivity contribution < 1.29 is 40.9 Å². The summed E-state index contributed by atoms with van der Waals surface area (Å²) >= 11 is 0. The van der Waals surface area contributed by atoms with Crippen LogP contribution < -0.4 is 15.0 Å². The zero-order valence-electron chi connectivity index (χ0n) is 20.8. The first-order valence-corrected chi connectivity index (χ1v) is 11.4. The van der Waals surface area contributed by atoms with Crippen LogP contribution >= 0.6 is 0 Å². The normalized spacial score (nSPS) is 12.3. The average Bonchev–Trinajstić information content (AvgIpc) is 2.91. The van der Waals surface area contributed by atoms with Crippen molar-refractivity contribution in [1.82, 2.24) is 9.55 Å². The number of halogens is 6. The van der Waals surface area contributed by atoms with Crippen LogP contribution in [0.4, 0.5) is 26.3 Å². The van der Waals surface area contributed by atoms with E-state index >= 15 is 0 Å². The Balaban J connectivity index is 1.94. The Morgan fingerprint density at radius 2 is 1.45 bits per heavy atom. The van der Waals surface area contributed by atoms with E-state index in [2.05, 4.69) is 4.98 Å². The highest BCUT2D eigenvalue weighted by molar-refractivity contribution is 5.82. The molecule has 1 heterocycles. The lowest BCUT2D eigenvalue weighted by molar-refractivity contribution is -0.376. The maximum Gasteiger partial charge on any atom is 0.430 e. The molecule has 0 saturated carbocycles. The van der Waals surface area contributed by atoms with Gasteiger partial charge in [-0.1, -0.05) is 24.3 Å². The van der Waals surface area contributed by atoms with Gasteiger partial charge in [0.05, 0.1) is 42.4 Å². The first-order chi connectivity index (χ1) is 18.7. The maximum absolute atomic E-state index is 13.7. The second kappa shape index (κ2) is 10.2. The Kier molecular flexibility index (Phi) is 7.25.